The summed E-state index contributed by atoms with van der Waals surface area (Å²) >= 11 is 0. The smallest absolute Gasteiger partial charge is 0.322 e. The van der Waals surface area contributed by atoms with Gasteiger partial charge in [0.15, 0.2) is 0 Å². The Morgan fingerprint density at radius 3 is 2.66 bits per heavy atom. The van der Waals surface area contributed by atoms with Crippen LogP contribution in [-0.4, -0.2) is 53.8 Å². The fraction of sp³-hybridized carbons (Fsp3) is 0.381. The summed E-state index contributed by atoms with van der Waals surface area (Å²) in [5.74, 6) is -0.672. The van der Waals surface area contributed by atoms with Crippen molar-refractivity contribution in [2.45, 2.75) is 19.9 Å². The zero-order chi connectivity index (χ0) is 21.1. The van der Waals surface area contributed by atoms with Crippen molar-refractivity contribution in [3.05, 3.63) is 59.6 Å². The van der Waals surface area contributed by atoms with Crippen molar-refractivity contribution in [1.82, 2.24) is 20.4 Å². The Morgan fingerprint density at radius 2 is 2.03 bits per heavy atom. The normalized spacial score (nSPS) is 18.8. The lowest BCUT2D eigenvalue weighted by Crippen LogP contribution is -2.47. The molecular formula is C21H25FN4O3. The summed E-state index contributed by atoms with van der Waals surface area (Å²) in [7, 11) is 0. The summed E-state index contributed by atoms with van der Waals surface area (Å²) in [6.45, 7) is 8.46. The lowest BCUT2D eigenvalue weighted by molar-refractivity contribution is -0.132. The Balaban J connectivity index is 1.88. The quantitative estimate of drug-likeness (QED) is 0.687. The van der Waals surface area contributed by atoms with Gasteiger partial charge in [-0.1, -0.05) is 32.1 Å². The lowest BCUT2D eigenvalue weighted by Gasteiger charge is -2.33. The first-order valence-electron chi connectivity index (χ1n) is 9.55. The van der Waals surface area contributed by atoms with Gasteiger partial charge >= 0.3 is 6.03 Å². The highest BCUT2D eigenvalue weighted by molar-refractivity contribution is 6.03. The topological polar surface area (TPSA) is 81.8 Å². The fourth-order valence-electron chi connectivity index (χ4n) is 3.45. The predicted octanol–water partition coefficient (Wildman–Crippen LogP) is 1.95. The molecule has 2 heterocycles. The van der Waals surface area contributed by atoms with Crippen LogP contribution in [-0.2, 0) is 9.59 Å². The number of amides is 4. The number of benzene rings is 1. The predicted molar refractivity (Wildman–Crippen MR) is 106 cm³/mol. The van der Waals surface area contributed by atoms with E-state index in [4.69, 9.17) is 0 Å². The average molecular weight is 400 g/mol. The van der Waals surface area contributed by atoms with Crippen molar-refractivity contribution < 1.29 is 18.8 Å². The Labute approximate surface area is 169 Å². The number of hydrogen-bond acceptors (Lipinski definition) is 3. The van der Waals surface area contributed by atoms with Crippen LogP contribution in [0.1, 0.15) is 25.5 Å². The van der Waals surface area contributed by atoms with Crippen LogP contribution in [0.15, 0.2) is 48.2 Å². The molecule has 0 aliphatic carbocycles. The molecule has 4 amide bonds. The molecule has 1 aromatic rings. The van der Waals surface area contributed by atoms with Gasteiger partial charge in [-0.3, -0.25) is 14.5 Å². The molecule has 2 N–H and O–H groups in total. The molecule has 1 atom stereocenters. The third-order valence-corrected chi connectivity index (χ3v) is 4.85. The number of nitrogens with zero attached hydrogens (tertiary/aromatic N) is 2. The van der Waals surface area contributed by atoms with Gasteiger partial charge in [0.2, 0.25) is 5.91 Å². The van der Waals surface area contributed by atoms with Gasteiger partial charge in [0.05, 0.1) is 23.9 Å². The zero-order valence-electron chi connectivity index (χ0n) is 16.6. The molecule has 8 heteroatoms. The van der Waals surface area contributed by atoms with E-state index < -0.39 is 11.9 Å². The molecule has 154 valence electrons. The van der Waals surface area contributed by atoms with Crippen molar-refractivity contribution in [1.29, 1.82) is 0 Å². The van der Waals surface area contributed by atoms with Crippen molar-refractivity contribution in [3.63, 3.8) is 0 Å². The van der Waals surface area contributed by atoms with Crippen molar-refractivity contribution >= 4 is 17.8 Å². The number of rotatable bonds is 7. The monoisotopic (exact) mass is 400 g/mol. The van der Waals surface area contributed by atoms with Gasteiger partial charge in [-0.05, 0) is 23.6 Å². The first kappa shape index (κ1) is 20.6. The summed E-state index contributed by atoms with van der Waals surface area (Å²) < 4.78 is 13.3. The zero-order valence-corrected chi connectivity index (χ0v) is 16.6. The van der Waals surface area contributed by atoms with Crippen LogP contribution in [0, 0.1) is 11.7 Å². The average Bonchev–Trinajstić information content (AvgIpc) is 2.99. The largest absolute Gasteiger partial charge is 0.354 e. The molecule has 0 spiro atoms. The highest BCUT2D eigenvalue weighted by Crippen LogP contribution is 2.36. The second-order valence-corrected chi connectivity index (χ2v) is 7.55. The maximum Gasteiger partial charge on any atom is 0.322 e. The molecule has 0 saturated heterocycles. The van der Waals surface area contributed by atoms with E-state index in [-0.39, 0.29) is 37.5 Å². The van der Waals surface area contributed by atoms with E-state index >= 15 is 0 Å². The number of carbonyl (C=O) groups excluding carboxylic acids is 3. The van der Waals surface area contributed by atoms with E-state index in [9.17, 15) is 18.8 Å². The Kier molecular flexibility index (Phi) is 6.00. The van der Waals surface area contributed by atoms with E-state index in [0.717, 1.165) is 0 Å². The first-order valence-corrected chi connectivity index (χ1v) is 9.55. The van der Waals surface area contributed by atoms with Crippen LogP contribution in [0.4, 0.5) is 9.18 Å². The Morgan fingerprint density at radius 1 is 1.34 bits per heavy atom. The molecule has 0 fully saturated rings. The summed E-state index contributed by atoms with van der Waals surface area (Å²) in [6, 6.07) is 4.59. The molecule has 3 rings (SSSR count). The Hall–Kier alpha value is -3.16. The maximum atomic E-state index is 13.3. The van der Waals surface area contributed by atoms with Crippen LogP contribution in [0.25, 0.3) is 0 Å². The SMILES string of the molecule is C=CCN1C(=O)NC(c2ccc(F)cc2)C2=C1CN(CC(=O)NCC(C)C)C2=O. The molecule has 1 unspecified atom stereocenters. The van der Waals surface area contributed by atoms with Crippen molar-refractivity contribution in [3.8, 4) is 0 Å². The van der Waals surface area contributed by atoms with Crippen LogP contribution in [0.3, 0.4) is 0 Å². The minimum atomic E-state index is -0.699. The molecule has 2 aliphatic heterocycles. The fourth-order valence-corrected chi connectivity index (χ4v) is 3.45. The van der Waals surface area contributed by atoms with Gasteiger partial charge in [0.1, 0.15) is 12.4 Å². The molecule has 29 heavy (non-hydrogen) atoms. The highest BCUT2D eigenvalue weighted by Gasteiger charge is 2.44. The summed E-state index contributed by atoms with van der Waals surface area (Å²) in [5.41, 5.74) is 1.55. The number of carbonyl (C=O) groups is 3. The van der Waals surface area contributed by atoms with Gasteiger partial charge in [-0.25, -0.2) is 9.18 Å². The molecule has 0 aromatic heterocycles. The molecule has 0 radical (unpaired) electrons. The number of nitrogens with one attached hydrogen (secondary N) is 2. The van der Waals surface area contributed by atoms with Gasteiger partial charge in [-0.15, -0.1) is 6.58 Å². The van der Waals surface area contributed by atoms with E-state index in [0.29, 0.717) is 29.3 Å². The van der Waals surface area contributed by atoms with E-state index in [2.05, 4.69) is 17.2 Å². The summed E-state index contributed by atoms with van der Waals surface area (Å²) in [4.78, 5) is 40.9. The third kappa shape index (κ3) is 4.31. The molecule has 0 saturated carbocycles. The maximum absolute atomic E-state index is 13.3. The van der Waals surface area contributed by atoms with E-state index in [1.165, 1.54) is 21.9 Å². The summed E-state index contributed by atoms with van der Waals surface area (Å²) in [6.07, 6.45) is 1.57. The minimum absolute atomic E-state index is 0.0924. The lowest BCUT2D eigenvalue weighted by atomic mass is 9.95. The van der Waals surface area contributed by atoms with Crippen LogP contribution in [0.5, 0.6) is 0 Å². The molecular weight excluding hydrogens is 375 g/mol. The molecule has 7 nitrogen and oxygen atoms in total. The van der Waals surface area contributed by atoms with Gasteiger partial charge < -0.3 is 15.5 Å². The van der Waals surface area contributed by atoms with Crippen molar-refractivity contribution in [2.24, 2.45) is 5.92 Å². The standard InChI is InChI=1S/C21H25FN4O3/c1-4-9-26-16-11-25(12-17(27)23-10-13(2)3)20(28)18(16)19(24-21(26)29)14-5-7-15(22)8-6-14/h4-8,13,19H,1,9-12H2,2-3H3,(H,23,27)(H,24,29). The second kappa shape index (κ2) is 8.46. The van der Waals surface area contributed by atoms with E-state index in [1.54, 1.807) is 18.2 Å². The molecule has 0 bridgehead atoms. The number of halogens is 1. The van der Waals surface area contributed by atoms with Gasteiger partial charge in [0, 0.05) is 13.1 Å². The summed E-state index contributed by atoms with van der Waals surface area (Å²) in [5, 5.41) is 5.61. The molecule has 2 aliphatic rings. The Bertz CT molecular complexity index is 863. The van der Waals surface area contributed by atoms with Gasteiger partial charge in [0.25, 0.3) is 5.91 Å². The van der Waals surface area contributed by atoms with E-state index in [1.807, 2.05) is 13.8 Å². The first-order chi connectivity index (χ1) is 13.8. The minimum Gasteiger partial charge on any atom is -0.354 e. The third-order valence-electron chi connectivity index (χ3n) is 4.85. The van der Waals surface area contributed by atoms with Crippen LogP contribution >= 0.6 is 0 Å². The van der Waals surface area contributed by atoms with Crippen molar-refractivity contribution in [2.75, 3.05) is 26.2 Å². The molecule has 1 aromatic carbocycles. The van der Waals surface area contributed by atoms with Gasteiger partial charge in [-0.2, -0.15) is 0 Å². The number of hydrogen-bond donors (Lipinski definition) is 2. The highest BCUT2D eigenvalue weighted by atomic mass is 19.1. The number of urea groups is 1. The van der Waals surface area contributed by atoms with Crippen LogP contribution in [0.2, 0.25) is 0 Å². The second-order valence-electron chi connectivity index (χ2n) is 7.55. The van der Waals surface area contributed by atoms with Crippen LogP contribution < -0.4 is 10.6 Å².